The summed E-state index contributed by atoms with van der Waals surface area (Å²) in [7, 11) is 1.53. The molecule has 1 atom stereocenters. The van der Waals surface area contributed by atoms with Gasteiger partial charge >= 0.3 is 6.01 Å². The summed E-state index contributed by atoms with van der Waals surface area (Å²) in [4.78, 5) is 12.6. The van der Waals surface area contributed by atoms with Crippen molar-refractivity contribution in [2.45, 2.75) is 26.4 Å². The molecule has 2 N–H and O–H groups in total. The molecule has 0 fully saturated rings. The average molecular weight is 277 g/mol. The second-order valence-corrected chi connectivity index (χ2v) is 4.27. The number of nitrogens with zero attached hydrogens (tertiary/aromatic N) is 5. The lowest BCUT2D eigenvalue weighted by Crippen LogP contribution is -2.24. The Balaban J connectivity index is 2.05. The summed E-state index contributed by atoms with van der Waals surface area (Å²) in [6, 6.07) is 2.29. The van der Waals surface area contributed by atoms with Crippen molar-refractivity contribution in [3.63, 3.8) is 0 Å². The highest BCUT2D eigenvalue weighted by atomic mass is 16.5. The van der Waals surface area contributed by atoms with E-state index in [1.54, 1.807) is 6.20 Å². The predicted octanol–water partition coefficient (Wildman–Crippen LogP) is 1.01. The Morgan fingerprint density at radius 2 is 2.10 bits per heavy atom. The third-order valence-electron chi connectivity index (χ3n) is 2.53. The van der Waals surface area contributed by atoms with E-state index in [0.717, 1.165) is 13.1 Å². The zero-order valence-electron chi connectivity index (χ0n) is 11.9. The maximum absolute atomic E-state index is 5.07. The van der Waals surface area contributed by atoms with Crippen LogP contribution in [0.4, 0.5) is 11.9 Å². The molecule has 8 heteroatoms. The van der Waals surface area contributed by atoms with Gasteiger partial charge in [0.25, 0.3) is 0 Å². The number of nitrogens with one attached hydrogen (secondary N) is 2. The molecule has 108 valence electrons. The first-order valence-corrected chi connectivity index (χ1v) is 6.49. The Morgan fingerprint density at radius 1 is 1.30 bits per heavy atom. The van der Waals surface area contributed by atoms with E-state index < -0.39 is 0 Å². The molecule has 0 spiro atoms. The van der Waals surface area contributed by atoms with Crippen LogP contribution in [-0.2, 0) is 6.54 Å². The lowest BCUT2D eigenvalue weighted by atomic mass is 10.3. The lowest BCUT2D eigenvalue weighted by Gasteiger charge is -2.14. The van der Waals surface area contributed by atoms with Crippen molar-refractivity contribution in [2.75, 3.05) is 24.3 Å². The smallest absolute Gasteiger partial charge is 0.322 e. The Morgan fingerprint density at radius 3 is 2.75 bits per heavy atom. The Hall–Kier alpha value is -2.38. The predicted molar refractivity (Wildman–Crippen MR) is 75.9 cm³/mol. The Bertz CT molecular complexity index is 529. The molecule has 2 aromatic heterocycles. The van der Waals surface area contributed by atoms with Crippen LogP contribution < -0.4 is 15.4 Å². The number of ether oxygens (including phenoxy) is 1. The summed E-state index contributed by atoms with van der Waals surface area (Å²) < 4.78 is 6.92. The highest BCUT2D eigenvalue weighted by Crippen LogP contribution is 2.11. The van der Waals surface area contributed by atoms with Gasteiger partial charge in [0.1, 0.15) is 0 Å². The normalized spacial score (nSPS) is 11.9. The van der Waals surface area contributed by atoms with Gasteiger partial charge in [0, 0.05) is 25.0 Å². The van der Waals surface area contributed by atoms with Crippen LogP contribution in [0.2, 0.25) is 0 Å². The maximum atomic E-state index is 5.07. The Kier molecular flexibility index (Phi) is 4.70. The van der Waals surface area contributed by atoms with Gasteiger partial charge in [-0.3, -0.25) is 4.68 Å². The van der Waals surface area contributed by atoms with Crippen LogP contribution in [0, 0.1) is 0 Å². The molecule has 0 bridgehead atoms. The molecule has 2 heterocycles. The van der Waals surface area contributed by atoms with Crippen LogP contribution in [0.15, 0.2) is 18.5 Å². The van der Waals surface area contributed by atoms with Crippen LogP contribution in [0.5, 0.6) is 6.01 Å². The van der Waals surface area contributed by atoms with E-state index in [2.05, 4.69) is 30.7 Å². The number of methoxy groups -OCH3 is 1. The molecule has 0 saturated heterocycles. The fraction of sp³-hybridized carbons (Fsp3) is 0.500. The third-order valence-corrected chi connectivity index (χ3v) is 2.53. The van der Waals surface area contributed by atoms with Gasteiger partial charge in [0.05, 0.1) is 13.7 Å². The topological polar surface area (TPSA) is 89.8 Å². The highest BCUT2D eigenvalue weighted by molar-refractivity contribution is 5.36. The van der Waals surface area contributed by atoms with Gasteiger partial charge in [0.2, 0.25) is 11.9 Å². The minimum absolute atomic E-state index is 0.122. The van der Waals surface area contributed by atoms with E-state index in [0.29, 0.717) is 11.9 Å². The monoisotopic (exact) mass is 277 g/mol. The molecular formula is C12H19N7O. The van der Waals surface area contributed by atoms with Gasteiger partial charge < -0.3 is 15.4 Å². The van der Waals surface area contributed by atoms with Crippen molar-refractivity contribution in [3.05, 3.63) is 18.5 Å². The standard InChI is InChI=1S/C12H19N7O/c1-4-13-10-16-11(18-12(17-10)20-3)15-9(2)8-19-7-5-6-14-19/h5-7,9H,4,8H2,1-3H3,(H2,13,15,16,17,18). The molecule has 0 aliphatic carbocycles. The minimum atomic E-state index is 0.122. The van der Waals surface area contributed by atoms with E-state index >= 15 is 0 Å². The molecule has 20 heavy (non-hydrogen) atoms. The van der Waals surface area contributed by atoms with Gasteiger partial charge in [0.15, 0.2) is 0 Å². The van der Waals surface area contributed by atoms with E-state index in [4.69, 9.17) is 4.74 Å². The van der Waals surface area contributed by atoms with E-state index in [1.807, 2.05) is 30.8 Å². The zero-order chi connectivity index (χ0) is 14.4. The molecule has 0 saturated carbocycles. The van der Waals surface area contributed by atoms with Crippen molar-refractivity contribution >= 4 is 11.9 Å². The first kappa shape index (κ1) is 14.0. The summed E-state index contributed by atoms with van der Waals surface area (Å²) in [5.74, 6) is 0.973. The van der Waals surface area contributed by atoms with Crippen LogP contribution in [-0.4, -0.2) is 44.4 Å². The number of hydrogen-bond acceptors (Lipinski definition) is 7. The molecule has 0 amide bonds. The highest BCUT2D eigenvalue weighted by Gasteiger charge is 2.09. The number of hydrogen-bond donors (Lipinski definition) is 2. The van der Waals surface area contributed by atoms with Crippen LogP contribution in [0.1, 0.15) is 13.8 Å². The number of anilines is 2. The SMILES string of the molecule is CCNc1nc(NC(C)Cn2cccn2)nc(OC)n1. The van der Waals surface area contributed by atoms with Crippen LogP contribution >= 0.6 is 0 Å². The second kappa shape index (κ2) is 6.69. The van der Waals surface area contributed by atoms with Crippen molar-refractivity contribution < 1.29 is 4.74 Å². The van der Waals surface area contributed by atoms with Gasteiger partial charge in [-0.15, -0.1) is 0 Å². The van der Waals surface area contributed by atoms with Gasteiger partial charge in [-0.25, -0.2) is 0 Å². The van der Waals surface area contributed by atoms with Gasteiger partial charge in [-0.1, -0.05) is 0 Å². The summed E-state index contributed by atoms with van der Waals surface area (Å²) in [5.41, 5.74) is 0. The molecular weight excluding hydrogens is 258 g/mol. The molecule has 0 radical (unpaired) electrons. The molecule has 0 aromatic carbocycles. The molecule has 0 aliphatic heterocycles. The molecule has 1 unspecified atom stereocenters. The summed E-state index contributed by atoms with van der Waals surface area (Å²) >= 11 is 0. The maximum Gasteiger partial charge on any atom is 0.322 e. The summed E-state index contributed by atoms with van der Waals surface area (Å²) in [6.07, 6.45) is 3.66. The van der Waals surface area contributed by atoms with Gasteiger partial charge in [-0.2, -0.15) is 20.1 Å². The van der Waals surface area contributed by atoms with E-state index in [1.165, 1.54) is 7.11 Å². The summed E-state index contributed by atoms with van der Waals surface area (Å²) in [5, 5.41) is 10.4. The first-order chi connectivity index (χ1) is 9.71. The quantitative estimate of drug-likeness (QED) is 0.780. The summed E-state index contributed by atoms with van der Waals surface area (Å²) in [6.45, 7) is 5.46. The average Bonchev–Trinajstić information content (AvgIpc) is 2.91. The molecule has 8 nitrogen and oxygen atoms in total. The van der Waals surface area contributed by atoms with Crippen molar-refractivity contribution in [1.29, 1.82) is 0 Å². The van der Waals surface area contributed by atoms with Crippen molar-refractivity contribution in [2.24, 2.45) is 0 Å². The minimum Gasteiger partial charge on any atom is -0.467 e. The molecule has 2 aromatic rings. The number of aromatic nitrogens is 5. The van der Waals surface area contributed by atoms with Crippen LogP contribution in [0.25, 0.3) is 0 Å². The van der Waals surface area contributed by atoms with E-state index in [-0.39, 0.29) is 12.1 Å². The molecule has 2 rings (SSSR count). The first-order valence-electron chi connectivity index (χ1n) is 6.49. The van der Waals surface area contributed by atoms with Gasteiger partial charge in [-0.05, 0) is 19.9 Å². The van der Waals surface area contributed by atoms with E-state index in [9.17, 15) is 0 Å². The lowest BCUT2D eigenvalue weighted by molar-refractivity contribution is 0.379. The fourth-order valence-corrected chi connectivity index (χ4v) is 1.70. The van der Waals surface area contributed by atoms with Crippen molar-refractivity contribution in [1.82, 2.24) is 24.7 Å². The Labute approximate surface area is 117 Å². The second-order valence-electron chi connectivity index (χ2n) is 4.27. The van der Waals surface area contributed by atoms with Crippen molar-refractivity contribution in [3.8, 4) is 6.01 Å². The number of rotatable bonds is 7. The largest absolute Gasteiger partial charge is 0.467 e. The fourth-order valence-electron chi connectivity index (χ4n) is 1.70. The zero-order valence-corrected chi connectivity index (χ0v) is 11.9. The third kappa shape index (κ3) is 3.81. The van der Waals surface area contributed by atoms with Crippen LogP contribution in [0.3, 0.4) is 0 Å². The molecule has 0 aliphatic rings.